The van der Waals surface area contributed by atoms with Gasteiger partial charge >= 0.3 is 0 Å². The van der Waals surface area contributed by atoms with E-state index < -0.39 is 17.0 Å². The lowest BCUT2D eigenvalue weighted by Crippen LogP contribution is -2.46. The van der Waals surface area contributed by atoms with Gasteiger partial charge < -0.3 is 0 Å². The fourth-order valence-electron chi connectivity index (χ4n) is 3.89. The zero-order valence-corrected chi connectivity index (χ0v) is 9.63. The molecule has 1 amide bonds. The normalized spacial score (nSPS) is 38.8. The van der Waals surface area contributed by atoms with Gasteiger partial charge in [0, 0.05) is 0 Å². The molecule has 1 saturated heterocycles. The largest absolute Gasteiger partial charge is 0.285 e. The summed E-state index contributed by atoms with van der Waals surface area (Å²) < 4.78 is 0. The average molecular weight is 236 g/mol. The molecule has 0 aromatic carbocycles. The fraction of sp³-hybridized carbons (Fsp3) is 0.750. The van der Waals surface area contributed by atoms with Crippen LogP contribution < -0.4 is 0 Å². The summed E-state index contributed by atoms with van der Waals surface area (Å²) >= 11 is 0. The summed E-state index contributed by atoms with van der Waals surface area (Å²) in [5.41, 5.74) is -1.59. The number of rotatable bonds is 1. The van der Waals surface area contributed by atoms with Crippen LogP contribution in [-0.2, 0) is 4.79 Å². The second kappa shape index (κ2) is 3.38. The number of hydrogen-bond acceptors (Lipinski definition) is 4. The number of amides is 1. The Morgan fingerprint density at radius 1 is 1.35 bits per heavy atom. The van der Waals surface area contributed by atoms with Crippen molar-refractivity contribution < 1.29 is 10.0 Å². The van der Waals surface area contributed by atoms with E-state index in [1.807, 2.05) is 6.08 Å². The van der Waals surface area contributed by atoms with Crippen molar-refractivity contribution in [3.05, 3.63) is 17.1 Å². The minimum atomic E-state index is -0.858. The molecule has 2 aliphatic carbocycles. The highest BCUT2D eigenvalue weighted by Crippen LogP contribution is 2.56. The molecule has 5 nitrogen and oxygen atoms in total. The van der Waals surface area contributed by atoms with E-state index in [0.29, 0.717) is 19.3 Å². The molecule has 3 aliphatic rings. The summed E-state index contributed by atoms with van der Waals surface area (Å²) in [5, 5.41) is 14.1. The first-order valence-corrected chi connectivity index (χ1v) is 6.21. The SMILES string of the molecule is O=N[C@H]1C2(CCCC2)C(=O)N(O)[C@@]12C=CCC2. The fourth-order valence-corrected chi connectivity index (χ4v) is 3.89. The van der Waals surface area contributed by atoms with Gasteiger partial charge in [0.15, 0.2) is 0 Å². The molecule has 2 fully saturated rings. The molecule has 0 aromatic rings. The topological polar surface area (TPSA) is 70.0 Å². The van der Waals surface area contributed by atoms with Crippen molar-refractivity contribution in [3.63, 3.8) is 0 Å². The Balaban J connectivity index is 2.11. The molecule has 2 spiro atoms. The molecule has 0 unspecified atom stereocenters. The van der Waals surface area contributed by atoms with E-state index in [9.17, 15) is 14.9 Å². The highest BCUT2D eigenvalue weighted by Gasteiger charge is 2.68. The van der Waals surface area contributed by atoms with Crippen molar-refractivity contribution in [2.45, 2.75) is 50.1 Å². The zero-order valence-electron chi connectivity index (χ0n) is 9.63. The molecular formula is C12H16N2O3. The predicted octanol–water partition coefficient (Wildman–Crippen LogP) is 2.00. The molecule has 1 saturated carbocycles. The zero-order chi connectivity index (χ0) is 12.1. The third-order valence-corrected chi connectivity index (χ3v) is 4.73. The van der Waals surface area contributed by atoms with Gasteiger partial charge in [-0.25, -0.2) is 5.06 Å². The van der Waals surface area contributed by atoms with Crippen molar-refractivity contribution in [2.75, 3.05) is 0 Å². The van der Waals surface area contributed by atoms with Gasteiger partial charge in [0.1, 0.15) is 11.6 Å². The minimum Gasteiger partial charge on any atom is -0.285 e. The van der Waals surface area contributed by atoms with Crippen molar-refractivity contribution in [3.8, 4) is 0 Å². The summed E-state index contributed by atoms with van der Waals surface area (Å²) in [6.45, 7) is 0. The Hall–Kier alpha value is -1.23. The van der Waals surface area contributed by atoms with Gasteiger partial charge in [-0.15, -0.1) is 0 Å². The maximum atomic E-state index is 12.3. The van der Waals surface area contributed by atoms with Gasteiger partial charge in [0.05, 0.1) is 5.41 Å². The average Bonchev–Trinajstić information content (AvgIpc) is 3.01. The van der Waals surface area contributed by atoms with Crippen LogP contribution >= 0.6 is 0 Å². The molecule has 1 heterocycles. The van der Waals surface area contributed by atoms with Crippen LogP contribution in [0, 0.1) is 10.3 Å². The summed E-state index contributed by atoms with van der Waals surface area (Å²) in [6, 6.07) is -0.631. The number of carbonyl (C=O) groups is 1. The summed E-state index contributed by atoms with van der Waals surface area (Å²) in [5.74, 6) is -0.300. The predicted molar refractivity (Wildman–Crippen MR) is 60.2 cm³/mol. The van der Waals surface area contributed by atoms with E-state index in [-0.39, 0.29) is 5.91 Å². The summed E-state index contributed by atoms with van der Waals surface area (Å²) in [4.78, 5) is 23.5. The number of nitroso groups, excluding NO2 is 1. The third-order valence-electron chi connectivity index (χ3n) is 4.73. The lowest BCUT2D eigenvalue weighted by atomic mass is 9.74. The second-order valence-corrected chi connectivity index (χ2v) is 5.42. The van der Waals surface area contributed by atoms with E-state index in [4.69, 9.17) is 0 Å². The third kappa shape index (κ3) is 1.10. The number of carbonyl (C=O) groups excluding carboxylic acids is 1. The Kier molecular flexibility index (Phi) is 2.17. The smallest absolute Gasteiger partial charge is 0.255 e. The van der Waals surface area contributed by atoms with Crippen LogP contribution in [0.4, 0.5) is 0 Å². The van der Waals surface area contributed by atoms with Crippen molar-refractivity contribution >= 4 is 5.91 Å². The standard InChI is InChI=1S/C12H16N2O3/c15-10-11(5-1-2-6-11)9(13-16)12(14(10)17)7-3-4-8-12/h3,7,9,17H,1-2,4-6,8H2/t9-,12+/m0/s1. The first-order chi connectivity index (χ1) is 8.17. The van der Waals surface area contributed by atoms with Crippen LogP contribution in [0.15, 0.2) is 17.3 Å². The highest BCUT2D eigenvalue weighted by atomic mass is 16.5. The van der Waals surface area contributed by atoms with Gasteiger partial charge in [0.2, 0.25) is 0 Å². The lowest BCUT2D eigenvalue weighted by molar-refractivity contribution is -0.178. The first-order valence-electron chi connectivity index (χ1n) is 6.21. The Morgan fingerprint density at radius 2 is 2.06 bits per heavy atom. The van der Waals surface area contributed by atoms with Crippen LogP contribution in [0.5, 0.6) is 0 Å². The monoisotopic (exact) mass is 236 g/mol. The molecule has 0 bridgehead atoms. The molecule has 92 valence electrons. The van der Waals surface area contributed by atoms with Crippen LogP contribution in [0.3, 0.4) is 0 Å². The van der Waals surface area contributed by atoms with Gasteiger partial charge in [-0.05, 0) is 25.7 Å². The van der Waals surface area contributed by atoms with Crippen molar-refractivity contribution in [1.82, 2.24) is 5.06 Å². The van der Waals surface area contributed by atoms with E-state index in [1.165, 1.54) is 0 Å². The second-order valence-electron chi connectivity index (χ2n) is 5.42. The van der Waals surface area contributed by atoms with Gasteiger partial charge in [-0.1, -0.05) is 30.2 Å². The van der Waals surface area contributed by atoms with Crippen LogP contribution in [0.2, 0.25) is 0 Å². The Labute approximate surface area is 99.4 Å². The molecule has 1 N–H and O–H groups in total. The van der Waals surface area contributed by atoms with Crippen LogP contribution in [0.25, 0.3) is 0 Å². The number of hydrogen-bond donors (Lipinski definition) is 1. The van der Waals surface area contributed by atoms with Crippen LogP contribution in [0.1, 0.15) is 38.5 Å². The molecular weight excluding hydrogens is 220 g/mol. The maximum absolute atomic E-state index is 12.3. The molecule has 17 heavy (non-hydrogen) atoms. The van der Waals surface area contributed by atoms with E-state index >= 15 is 0 Å². The quantitative estimate of drug-likeness (QED) is 0.430. The Morgan fingerprint density at radius 3 is 2.59 bits per heavy atom. The van der Waals surface area contributed by atoms with Gasteiger partial charge in [0.25, 0.3) is 5.91 Å². The van der Waals surface area contributed by atoms with Crippen LogP contribution in [-0.4, -0.2) is 27.8 Å². The van der Waals surface area contributed by atoms with Gasteiger partial charge in [-0.3, -0.25) is 10.0 Å². The van der Waals surface area contributed by atoms with Crippen molar-refractivity contribution in [1.29, 1.82) is 0 Å². The molecule has 2 atom stereocenters. The summed E-state index contributed by atoms with van der Waals surface area (Å²) in [7, 11) is 0. The van der Waals surface area contributed by atoms with E-state index in [1.54, 1.807) is 6.08 Å². The van der Waals surface area contributed by atoms with E-state index in [2.05, 4.69) is 5.18 Å². The number of nitrogens with zero attached hydrogens (tertiary/aromatic N) is 2. The highest BCUT2D eigenvalue weighted by molar-refractivity contribution is 5.87. The first kappa shape index (κ1) is 10.9. The number of allylic oxidation sites excluding steroid dienone is 1. The molecule has 5 heteroatoms. The maximum Gasteiger partial charge on any atom is 0.255 e. The molecule has 3 rings (SSSR count). The molecule has 0 radical (unpaired) electrons. The van der Waals surface area contributed by atoms with Crippen molar-refractivity contribution in [2.24, 2.45) is 10.6 Å². The lowest BCUT2D eigenvalue weighted by Gasteiger charge is -2.31. The molecule has 0 aromatic heterocycles. The minimum absolute atomic E-state index is 0.300. The van der Waals surface area contributed by atoms with E-state index in [0.717, 1.165) is 24.3 Å². The summed E-state index contributed by atoms with van der Waals surface area (Å²) in [6.07, 6.45) is 8.33. The number of hydroxylamine groups is 2. The van der Waals surface area contributed by atoms with Gasteiger partial charge in [-0.2, -0.15) is 4.91 Å². The molecule has 1 aliphatic heterocycles. The Bertz CT molecular complexity index is 401.